The molecule has 0 radical (unpaired) electrons. The molecule has 0 saturated carbocycles. The number of carbonyl (C=O) groups excluding carboxylic acids is 1. The van der Waals surface area contributed by atoms with Crippen LogP contribution in [-0.4, -0.2) is 12.5 Å². The van der Waals surface area contributed by atoms with Gasteiger partial charge in [-0.3, -0.25) is 4.79 Å². The van der Waals surface area contributed by atoms with Gasteiger partial charge in [0, 0.05) is 12.1 Å². The smallest absolute Gasteiger partial charge is 0.224 e. The van der Waals surface area contributed by atoms with Gasteiger partial charge in [-0.1, -0.05) is 36.5 Å². The summed E-state index contributed by atoms with van der Waals surface area (Å²) in [5, 5.41) is 2.45. The zero-order valence-electron chi connectivity index (χ0n) is 11.4. The lowest BCUT2D eigenvalue weighted by Crippen LogP contribution is -2.15. The van der Waals surface area contributed by atoms with Crippen molar-refractivity contribution in [3.8, 4) is 0 Å². The molecule has 20 heavy (non-hydrogen) atoms. The van der Waals surface area contributed by atoms with E-state index < -0.39 is 5.82 Å². The first-order chi connectivity index (χ1) is 9.47. The molecular weight excluding hydrogens is 302 g/mol. The normalized spacial score (nSPS) is 12.2. The van der Waals surface area contributed by atoms with Crippen molar-refractivity contribution in [3.05, 3.63) is 28.0 Å². The van der Waals surface area contributed by atoms with Crippen LogP contribution in [0.1, 0.15) is 32.6 Å². The third-order valence-corrected chi connectivity index (χ3v) is 3.75. The van der Waals surface area contributed by atoms with Crippen LogP contribution >= 0.6 is 23.2 Å². The molecule has 1 unspecified atom stereocenters. The van der Waals surface area contributed by atoms with Crippen LogP contribution in [0.5, 0.6) is 0 Å². The molecule has 0 spiro atoms. The molecule has 3 N–H and O–H groups in total. The summed E-state index contributed by atoms with van der Waals surface area (Å²) in [5.74, 6) is -0.370. The highest BCUT2D eigenvalue weighted by molar-refractivity contribution is 6.35. The number of hydrogen-bond donors (Lipinski definition) is 2. The Morgan fingerprint density at radius 3 is 2.45 bits per heavy atom. The minimum absolute atomic E-state index is 0.109. The molecule has 1 rings (SSSR count). The SMILES string of the molecule is CCC(CCN)CCC(=O)Nc1cc(Cl)c(F)c(Cl)c1. The lowest BCUT2D eigenvalue weighted by molar-refractivity contribution is -0.116. The fourth-order valence-electron chi connectivity index (χ4n) is 1.97. The highest BCUT2D eigenvalue weighted by Crippen LogP contribution is 2.27. The molecule has 6 heteroatoms. The summed E-state index contributed by atoms with van der Waals surface area (Å²) in [5.41, 5.74) is 5.92. The van der Waals surface area contributed by atoms with Crippen LogP contribution in [0.25, 0.3) is 0 Å². The Balaban J connectivity index is 2.54. The van der Waals surface area contributed by atoms with Gasteiger partial charge in [-0.15, -0.1) is 0 Å². The fraction of sp³-hybridized carbons (Fsp3) is 0.500. The summed E-state index contributed by atoms with van der Waals surface area (Å²) in [7, 11) is 0. The average Bonchev–Trinajstić information content (AvgIpc) is 2.40. The third kappa shape index (κ3) is 5.27. The van der Waals surface area contributed by atoms with Crippen LogP contribution in [0, 0.1) is 11.7 Å². The number of rotatable bonds is 7. The second-order valence-corrected chi connectivity index (χ2v) is 5.51. The van der Waals surface area contributed by atoms with Gasteiger partial charge in [0.05, 0.1) is 10.0 Å². The molecule has 1 atom stereocenters. The van der Waals surface area contributed by atoms with Crippen molar-refractivity contribution in [1.29, 1.82) is 0 Å². The standard InChI is InChI=1S/C14H19Cl2FN2O/c1-2-9(5-6-18)3-4-13(20)19-10-7-11(15)14(17)12(16)8-10/h7-9H,2-6,18H2,1H3,(H,19,20). The second-order valence-electron chi connectivity index (χ2n) is 4.69. The van der Waals surface area contributed by atoms with E-state index in [4.69, 9.17) is 28.9 Å². The molecule has 0 aliphatic carbocycles. The highest BCUT2D eigenvalue weighted by Gasteiger charge is 2.12. The summed E-state index contributed by atoms with van der Waals surface area (Å²) in [6, 6.07) is 2.69. The Morgan fingerprint density at radius 2 is 1.95 bits per heavy atom. The number of nitrogens with two attached hydrogens (primary N) is 1. The van der Waals surface area contributed by atoms with Crippen LogP contribution in [0.2, 0.25) is 10.0 Å². The molecule has 1 aromatic rings. The third-order valence-electron chi connectivity index (χ3n) is 3.20. The summed E-state index contributed by atoms with van der Waals surface area (Å²) < 4.78 is 13.2. The van der Waals surface area contributed by atoms with Gasteiger partial charge in [-0.05, 0) is 37.4 Å². The quantitative estimate of drug-likeness (QED) is 0.739. The van der Waals surface area contributed by atoms with Crippen LogP contribution < -0.4 is 11.1 Å². The number of carbonyl (C=O) groups is 1. The van der Waals surface area contributed by atoms with E-state index in [1.165, 1.54) is 12.1 Å². The number of anilines is 1. The molecule has 1 aromatic carbocycles. The maximum absolute atomic E-state index is 13.2. The lowest BCUT2D eigenvalue weighted by Gasteiger charge is -2.13. The van der Waals surface area contributed by atoms with Crippen LogP contribution in [0.3, 0.4) is 0 Å². The Bertz CT molecular complexity index is 445. The summed E-state index contributed by atoms with van der Waals surface area (Å²) in [6.07, 6.45) is 3.09. The Kier molecular flexibility index (Phi) is 7.27. The molecule has 1 amide bonds. The number of benzene rings is 1. The number of halogens is 3. The first-order valence-corrected chi connectivity index (χ1v) is 7.38. The molecule has 0 aromatic heterocycles. The first kappa shape index (κ1) is 17.2. The van der Waals surface area contributed by atoms with Gasteiger partial charge in [0.2, 0.25) is 5.91 Å². The molecule has 0 heterocycles. The summed E-state index contributed by atoms with van der Waals surface area (Å²) in [6.45, 7) is 2.71. The largest absolute Gasteiger partial charge is 0.330 e. The van der Waals surface area contributed by atoms with Gasteiger partial charge >= 0.3 is 0 Å². The first-order valence-electron chi connectivity index (χ1n) is 6.62. The zero-order valence-corrected chi connectivity index (χ0v) is 12.9. The van der Waals surface area contributed by atoms with Crippen LogP contribution in [0.4, 0.5) is 10.1 Å². The van der Waals surface area contributed by atoms with Crippen molar-refractivity contribution in [3.63, 3.8) is 0 Å². The molecule has 0 bridgehead atoms. The average molecular weight is 321 g/mol. The maximum atomic E-state index is 13.2. The van der Waals surface area contributed by atoms with Gasteiger partial charge in [0.25, 0.3) is 0 Å². The van der Waals surface area contributed by atoms with E-state index in [9.17, 15) is 9.18 Å². The Hall–Kier alpha value is -0.840. The van der Waals surface area contributed by atoms with Crippen molar-refractivity contribution >= 4 is 34.8 Å². The van der Waals surface area contributed by atoms with Crippen LogP contribution in [-0.2, 0) is 4.79 Å². The summed E-state index contributed by atoms with van der Waals surface area (Å²) in [4.78, 5) is 11.8. The van der Waals surface area contributed by atoms with Crippen molar-refractivity contribution in [2.75, 3.05) is 11.9 Å². The summed E-state index contributed by atoms with van der Waals surface area (Å²) >= 11 is 11.3. The van der Waals surface area contributed by atoms with E-state index in [-0.39, 0.29) is 16.0 Å². The predicted molar refractivity (Wildman–Crippen MR) is 81.7 cm³/mol. The number of amides is 1. The van der Waals surface area contributed by atoms with Gasteiger partial charge < -0.3 is 11.1 Å². The van der Waals surface area contributed by atoms with E-state index in [0.717, 1.165) is 19.3 Å². The molecule has 112 valence electrons. The van der Waals surface area contributed by atoms with Gasteiger partial charge in [-0.25, -0.2) is 4.39 Å². The molecule has 0 saturated heterocycles. The fourth-order valence-corrected chi connectivity index (χ4v) is 2.46. The van der Waals surface area contributed by atoms with Crippen molar-refractivity contribution in [2.24, 2.45) is 11.7 Å². The van der Waals surface area contributed by atoms with E-state index >= 15 is 0 Å². The number of hydrogen-bond acceptors (Lipinski definition) is 2. The van der Waals surface area contributed by atoms with Gasteiger partial charge in [-0.2, -0.15) is 0 Å². The molecule has 3 nitrogen and oxygen atoms in total. The number of nitrogens with one attached hydrogen (secondary N) is 1. The van der Waals surface area contributed by atoms with E-state index in [2.05, 4.69) is 12.2 Å². The maximum Gasteiger partial charge on any atom is 0.224 e. The van der Waals surface area contributed by atoms with E-state index in [1.54, 1.807) is 0 Å². The Morgan fingerprint density at radius 1 is 1.35 bits per heavy atom. The van der Waals surface area contributed by atoms with E-state index in [0.29, 0.717) is 24.6 Å². The molecule has 0 aliphatic rings. The topological polar surface area (TPSA) is 55.1 Å². The monoisotopic (exact) mass is 320 g/mol. The lowest BCUT2D eigenvalue weighted by atomic mass is 9.96. The van der Waals surface area contributed by atoms with Crippen molar-refractivity contribution in [2.45, 2.75) is 32.6 Å². The van der Waals surface area contributed by atoms with Crippen molar-refractivity contribution < 1.29 is 9.18 Å². The molecular formula is C14H19Cl2FN2O. The van der Waals surface area contributed by atoms with E-state index in [1.807, 2.05) is 0 Å². The molecule has 0 fully saturated rings. The van der Waals surface area contributed by atoms with Gasteiger partial charge in [0.1, 0.15) is 0 Å². The highest BCUT2D eigenvalue weighted by atomic mass is 35.5. The van der Waals surface area contributed by atoms with Gasteiger partial charge in [0.15, 0.2) is 5.82 Å². The minimum Gasteiger partial charge on any atom is -0.330 e. The predicted octanol–water partition coefficient (Wildman–Crippen LogP) is 4.23. The van der Waals surface area contributed by atoms with Crippen LogP contribution in [0.15, 0.2) is 12.1 Å². The van der Waals surface area contributed by atoms with Crippen molar-refractivity contribution in [1.82, 2.24) is 0 Å². The zero-order chi connectivity index (χ0) is 15.1. The second kappa shape index (κ2) is 8.45. The minimum atomic E-state index is -0.680. The molecule has 0 aliphatic heterocycles. The Labute approximate surface area is 128 Å².